The van der Waals surface area contributed by atoms with Crippen LogP contribution in [0.15, 0.2) is 102 Å². The monoisotopic (exact) mass is 1100 g/mol. The number of aliphatic hydroxyl groups is 1. The molecule has 3 N–H and O–H groups in total. The number of likely N-dealkylation sites (tertiary alicyclic amines) is 1. The van der Waals surface area contributed by atoms with E-state index in [9.17, 15) is 47.6 Å². The van der Waals surface area contributed by atoms with E-state index in [0.717, 1.165) is 39.7 Å². The molecule has 20 nitrogen and oxygen atoms in total. The molecule has 78 heavy (non-hydrogen) atoms. The fourth-order valence-electron chi connectivity index (χ4n) is 8.74. The minimum absolute atomic E-state index is 0.00512. The van der Waals surface area contributed by atoms with Gasteiger partial charge in [-0.3, -0.25) is 24.5 Å². The van der Waals surface area contributed by atoms with Crippen molar-refractivity contribution >= 4 is 45.4 Å². The number of nitro groups is 1. The molecule has 1 saturated heterocycles. The first-order chi connectivity index (χ1) is 37.2. The number of aryl methyl sites for hydroxylation is 1. The second-order valence-electron chi connectivity index (χ2n) is 20.2. The molecule has 0 saturated carbocycles. The minimum Gasteiger partial charge on any atom is -0.493 e. The number of nitrogens with one attached hydrogen (secondary N) is 2. The number of esters is 1. The highest BCUT2D eigenvalue weighted by atomic mass is 32.2. The van der Waals surface area contributed by atoms with Crippen LogP contribution < -0.4 is 24.8 Å². The van der Waals surface area contributed by atoms with Crippen molar-refractivity contribution in [2.24, 2.45) is 11.3 Å². The van der Waals surface area contributed by atoms with Crippen LogP contribution in [-0.4, -0.2) is 129 Å². The number of nitrogens with zero attached hydrogens (tertiary/aromatic N) is 3. The second-order valence-corrected chi connectivity index (χ2v) is 22.2. The van der Waals surface area contributed by atoms with Gasteiger partial charge in [-0.2, -0.15) is 4.31 Å². The Morgan fingerprint density at radius 3 is 2.27 bits per heavy atom. The number of hydrogen-bond acceptors (Lipinski definition) is 15. The van der Waals surface area contributed by atoms with Crippen molar-refractivity contribution in [1.29, 1.82) is 0 Å². The highest BCUT2D eigenvalue weighted by Crippen LogP contribution is 2.33. The average molecular weight is 1100 g/mol. The van der Waals surface area contributed by atoms with Crippen LogP contribution in [0, 0.1) is 21.4 Å². The van der Waals surface area contributed by atoms with Gasteiger partial charge in [-0.15, -0.1) is 0 Å². The fourth-order valence-corrected chi connectivity index (χ4v) is 10.4. The lowest BCUT2D eigenvalue weighted by Crippen LogP contribution is -2.53. The van der Waals surface area contributed by atoms with Crippen molar-refractivity contribution in [2.75, 3.05) is 53.6 Å². The molecule has 1 aliphatic heterocycles. The Morgan fingerprint density at radius 1 is 0.885 bits per heavy atom. The Balaban J connectivity index is 1.15. The van der Waals surface area contributed by atoms with Gasteiger partial charge in [-0.05, 0) is 110 Å². The zero-order valence-corrected chi connectivity index (χ0v) is 46.5. The number of nitro benzene ring substituents is 1. The number of amides is 3. The minimum atomic E-state index is -4.23. The summed E-state index contributed by atoms with van der Waals surface area (Å²) in [6, 6.07) is 24.1. The SMILES string of the molecule is CCC(C)(C)C(=O)C(=O)N1CCCC[C@H]1C(=O)O[C@H](CCc1ccc(OC)c(OC)c1)c1cccc(OCCNC(=O)CCCOC(=O)N[C@@H](Cc2ccccc2)[C@H](O)CN(CC(C)C)S(=O)(=O)c2ccc([N+](=O)[O-])cc2)c1. The number of rotatable bonds is 30. The van der Waals surface area contributed by atoms with Gasteiger partial charge < -0.3 is 44.3 Å². The first-order valence-electron chi connectivity index (χ1n) is 26.3. The predicted molar refractivity (Wildman–Crippen MR) is 290 cm³/mol. The summed E-state index contributed by atoms with van der Waals surface area (Å²) in [6.07, 6.45) is 0.203. The number of carbonyl (C=O) groups is 5. The Bertz CT molecular complexity index is 2760. The molecule has 3 amide bonds. The molecule has 1 aliphatic rings. The standard InChI is InChI=1S/C57H75N5O15S/c1-8-57(4,5)53(65)54(66)61-31-13-12-20-47(61)55(67)77-49(28-22-41-23-29-50(73-6)51(35-41)74-7)42-18-14-19-44(36-42)75-33-30-58-52(64)21-15-32-76-56(68)59-46(34-40-16-10-9-11-17-40)48(63)38-60(37-39(2)3)78(71,72)45-26-24-43(25-27-45)62(69)70/h9-11,14,16-19,23-27,29,35-36,39,46-49,63H,8,12-13,15,20-22,28,30-34,37-38H2,1-7H3,(H,58,64)(H,59,68)/t46-,47-,48+,49+/m0/s1. The third-order valence-electron chi connectivity index (χ3n) is 13.5. The van der Waals surface area contributed by atoms with Crippen molar-refractivity contribution < 1.29 is 66.1 Å². The summed E-state index contributed by atoms with van der Waals surface area (Å²) >= 11 is 0. The number of ketones is 1. The molecule has 0 spiro atoms. The van der Waals surface area contributed by atoms with Crippen LogP contribution in [0.25, 0.3) is 0 Å². The van der Waals surface area contributed by atoms with E-state index in [1.807, 2.05) is 31.2 Å². The van der Waals surface area contributed by atoms with Gasteiger partial charge in [0.2, 0.25) is 21.7 Å². The van der Waals surface area contributed by atoms with Gasteiger partial charge in [-0.1, -0.05) is 83.1 Å². The predicted octanol–water partition coefficient (Wildman–Crippen LogP) is 7.54. The van der Waals surface area contributed by atoms with E-state index in [0.29, 0.717) is 61.3 Å². The molecule has 4 atom stereocenters. The lowest BCUT2D eigenvalue weighted by molar-refractivity contribution is -0.384. The molecule has 0 radical (unpaired) electrons. The van der Waals surface area contributed by atoms with Gasteiger partial charge in [-0.25, -0.2) is 18.0 Å². The summed E-state index contributed by atoms with van der Waals surface area (Å²) in [4.78, 5) is 78.7. The number of piperidine rings is 1. The molecule has 1 fully saturated rings. The van der Waals surface area contributed by atoms with Gasteiger partial charge in [0.05, 0.1) is 49.3 Å². The van der Waals surface area contributed by atoms with Crippen molar-refractivity contribution in [3.63, 3.8) is 0 Å². The molecule has 0 bridgehead atoms. The summed E-state index contributed by atoms with van der Waals surface area (Å²) in [5, 5.41) is 28.2. The molecule has 4 aromatic rings. The van der Waals surface area contributed by atoms with Gasteiger partial charge in [0.15, 0.2) is 11.5 Å². The van der Waals surface area contributed by atoms with E-state index in [4.69, 9.17) is 23.7 Å². The molecule has 0 aliphatic carbocycles. The lowest BCUT2D eigenvalue weighted by atomic mass is 9.84. The third-order valence-corrected chi connectivity index (χ3v) is 15.4. The van der Waals surface area contributed by atoms with Gasteiger partial charge in [0, 0.05) is 43.6 Å². The van der Waals surface area contributed by atoms with E-state index in [1.54, 1.807) is 90.4 Å². The number of aliphatic hydroxyl groups excluding tert-OH is 1. The van der Waals surface area contributed by atoms with Crippen molar-refractivity contribution in [1.82, 2.24) is 19.8 Å². The van der Waals surface area contributed by atoms with E-state index in [-0.39, 0.29) is 74.5 Å². The molecule has 424 valence electrons. The summed E-state index contributed by atoms with van der Waals surface area (Å²) in [6.45, 7) is 8.84. The number of ether oxygens (including phenoxy) is 5. The average Bonchev–Trinajstić information content (AvgIpc) is 3.45. The van der Waals surface area contributed by atoms with Gasteiger partial charge in [0.25, 0.3) is 11.6 Å². The van der Waals surface area contributed by atoms with E-state index in [1.165, 1.54) is 4.90 Å². The first-order valence-corrected chi connectivity index (χ1v) is 27.8. The second kappa shape index (κ2) is 29.6. The third kappa shape index (κ3) is 18.0. The summed E-state index contributed by atoms with van der Waals surface area (Å²) in [7, 11) is -1.13. The quantitative estimate of drug-likeness (QED) is 0.0150. The van der Waals surface area contributed by atoms with Crippen LogP contribution in [0.5, 0.6) is 17.2 Å². The molecule has 4 aromatic carbocycles. The number of hydrogen-bond donors (Lipinski definition) is 3. The highest BCUT2D eigenvalue weighted by Gasteiger charge is 2.41. The summed E-state index contributed by atoms with van der Waals surface area (Å²) in [5.74, 6) is -0.763. The fraction of sp³-hybridized carbons (Fsp3) is 0.491. The number of sulfonamides is 1. The van der Waals surface area contributed by atoms with E-state index >= 15 is 0 Å². The molecular weight excluding hydrogens is 1030 g/mol. The molecular formula is C57H75N5O15S. The Labute approximate surface area is 457 Å². The molecule has 21 heteroatoms. The maximum Gasteiger partial charge on any atom is 0.407 e. The maximum atomic E-state index is 14.1. The largest absolute Gasteiger partial charge is 0.493 e. The van der Waals surface area contributed by atoms with E-state index < -0.39 is 75.0 Å². The Kier molecular flexibility index (Phi) is 23.4. The molecule has 0 unspecified atom stereocenters. The van der Waals surface area contributed by atoms with Crippen molar-refractivity contribution in [3.05, 3.63) is 124 Å². The van der Waals surface area contributed by atoms with Crippen molar-refractivity contribution in [2.45, 2.75) is 122 Å². The molecule has 0 aromatic heterocycles. The van der Waals surface area contributed by atoms with Crippen LogP contribution >= 0.6 is 0 Å². The number of alkyl carbamates (subject to hydrolysis) is 1. The summed E-state index contributed by atoms with van der Waals surface area (Å²) in [5.41, 5.74) is 1.12. The number of Topliss-reactive ketones (excluding diaryl/α,β-unsaturated/α-hetero) is 1. The molecule has 5 rings (SSSR count). The maximum absolute atomic E-state index is 14.1. The zero-order valence-electron chi connectivity index (χ0n) is 45.6. The number of non-ortho nitro benzene ring substituents is 1. The van der Waals surface area contributed by atoms with Crippen LogP contribution in [0.3, 0.4) is 0 Å². The number of benzene rings is 4. The Hall–Kier alpha value is -7.10. The van der Waals surface area contributed by atoms with E-state index in [2.05, 4.69) is 10.6 Å². The van der Waals surface area contributed by atoms with Crippen molar-refractivity contribution in [3.8, 4) is 17.2 Å². The van der Waals surface area contributed by atoms with Crippen LogP contribution in [-0.2, 0) is 51.5 Å². The number of methoxy groups -OCH3 is 2. The number of carbonyl (C=O) groups excluding carboxylic acids is 5. The summed E-state index contributed by atoms with van der Waals surface area (Å²) < 4.78 is 57.2. The smallest absolute Gasteiger partial charge is 0.407 e. The van der Waals surface area contributed by atoms with Crippen LogP contribution in [0.2, 0.25) is 0 Å². The first kappa shape index (κ1) is 61.7. The molecule has 1 heterocycles. The zero-order chi connectivity index (χ0) is 57.0. The topological polar surface area (TPSA) is 260 Å². The Morgan fingerprint density at radius 2 is 1.60 bits per heavy atom. The van der Waals surface area contributed by atoms with Crippen LogP contribution in [0.1, 0.15) is 102 Å². The van der Waals surface area contributed by atoms with Gasteiger partial charge >= 0.3 is 12.1 Å². The normalized spacial score (nSPS) is 14.9. The lowest BCUT2D eigenvalue weighted by Gasteiger charge is -2.36. The van der Waals surface area contributed by atoms with Crippen LogP contribution in [0.4, 0.5) is 10.5 Å². The van der Waals surface area contributed by atoms with Gasteiger partial charge in [0.1, 0.15) is 24.5 Å². The highest BCUT2D eigenvalue weighted by molar-refractivity contribution is 7.89.